The maximum Gasteiger partial charge on any atom is 0.280 e. The lowest BCUT2D eigenvalue weighted by Crippen LogP contribution is -2.31. The van der Waals surface area contributed by atoms with Gasteiger partial charge in [-0.25, -0.2) is 8.78 Å². The lowest BCUT2D eigenvalue weighted by molar-refractivity contribution is -0.230. The number of carbonyl (C=O) groups is 1. The predicted octanol–water partition coefficient (Wildman–Crippen LogP) is 3.93. The zero-order valence-corrected chi connectivity index (χ0v) is 12.6. The van der Waals surface area contributed by atoms with E-state index in [9.17, 15) is 13.6 Å². The first-order valence-electron chi connectivity index (χ1n) is 7.60. The average molecular weight is 313 g/mol. The molecule has 0 aliphatic carbocycles. The van der Waals surface area contributed by atoms with Crippen LogP contribution < -0.4 is 0 Å². The van der Waals surface area contributed by atoms with Crippen LogP contribution in [0.4, 0.5) is 8.78 Å². The molecule has 4 nitrogen and oxygen atoms in total. The van der Waals surface area contributed by atoms with Crippen LogP contribution in [0.5, 0.6) is 0 Å². The number of rotatable bonds is 9. The van der Waals surface area contributed by atoms with Crippen molar-refractivity contribution in [2.24, 2.45) is 0 Å². The fraction of sp³-hybridized carbons (Fsp3) is 0.562. The molecule has 2 rings (SSSR count). The van der Waals surface area contributed by atoms with Crippen molar-refractivity contribution in [2.75, 3.05) is 13.2 Å². The summed E-state index contributed by atoms with van der Waals surface area (Å²) in [6.45, 7) is 1.75. The van der Waals surface area contributed by atoms with Crippen molar-refractivity contribution >= 4 is 5.91 Å². The first-order chi connectivity index (χ1) is 10.6. The van der Waals surface area contributed by atoms with E-state index >= 15 is 0 Å². The number of unbranched alkanes of at least 4 members (excludes halogenated alkanes) is 3. The number of fused-ring (bicyclic) bond motifs is 1. The first-order valence-corrected chi connectivity index (χ1v) is 7.60. The number of alkyl halides is 2. The number of carbonyl (C=O) groups excluding carboxylic acids is 1. The lowest BCUT2D eigenvalue weighted by Gasteiger charge is -2.24. The van der Waals surface area contributed by atoms with Crippen molar-refractivity contribution in [3.05, 3.63) is 35.4 Å². The Morgan fingerprint density at radius 1 is 1.23 bits per heavy atom. The SMILES string of the molecule is CCCCCCOC1c2ccccc2C(=O)N1OCC(F)F. The zero-order valence-electron chi connectivity index (χ0n) is 12.6. The molecule has 1 aromatic rings. The molecule has 0 N–H and O–H groups in total. The van der Waals surface area contributed by atoms with Gasteiger partial charge in [0.15, 0.2) is 6.23 Å². The van der Waals surface area contributed by atoms with Crippen molar-refractivity contribution in [1.29, 1.82) is 0 Å². The van der Waals surface area contributed by atoms with Gasteiger partial charge in [-0.3, -0.25) is 9.63 Å². The first kappa shape index (κ1) is 16.8. The minimum absolute atomic E-state index is 0.435. The highest BCUT2D eigenvalue weighted by molar-refractivity contribution is 5.98. The second-order valence-corrected chi connectivity index (χ2v) is 5.19. The molecule has 0 fully saturated rings. The van der Waals surface area contributed by atoms with Crippen LogP contribution in [-0.4, -0.2) is 30.6 Å². The van der Waals surface area contributed by atoms with Gasteiger partial charge in [-0.1, -0.05) is 44.4 Å². The number of hydrogen-bond donors (Lipinski definition) is 0. The third kappa shape index (κ3) is 4.01. The van der Waals surface area contributed by atoms with Crippen LogP contribution in [0.1, 0.15) is 54.8 Å². The Morgan fingerprint density at radius 3 is 2.73 bits per heavy atom. The maximum absolute atomic E-state index is 12.4. The molecule has 0 radical (unpaired) electrons. The predicted molar refractivity (Wildman–Crippen MR) is 77.4 cm³/mol. The second-order valence-electron chi connectivity index (χ2n) is 5.19. The van der Waals surface area contributed by atoms with Crippen LogP contribution >= 0.6 is 0 Å². The molecule has 0 saturated heterocycles. The Bertz CT molecular complexity index is 496. The van der Waals surface area contributed by atoms with E-state index < -0.39 is 25.2 Å². The summed E-state index contributed by atoms with van der Waals surface area (Å²) in [6.07, 6.45) is 0.759. The molecule has 1 aromatic carbocycles. The molecule has 22 heavy (non-hydrogen) atoms. The van der Waals surface area contributed by atoms with Crippen LogP contribution in [0.2, 0.25) is 0 Å². The van der Waals surface area contributed by atoms with Gasteiger partial charge in [-0.2, -0.15) is 5.06 Å². The standard InChI is InChI=1S/C16H21F2NO3/c1-2-3-4-7-10-21-16-13-9-6-5-8-12(13)15(20)19(16)22-11-14(17)18/h5-6,8-9,14,16H,2-4,7,10-11H2,1H3. The zero-order chi connectivity index (χ0) is 15.9. The molecule has 0 saturated carbocycles. The minimum Gasteiger partial charge on any atom is -0.352 e. The Labute approximate surface area is 129 Å². The van der Waals surface area contributed by atoms with Crippen LogP contribution in [0.25, 0.3) is 0 Å². The van der Waals surface area contributed by atoms with Gasteiger partial charge in [-0.15, -0.1) is 0 Å². The topological polar surface area (TPSA) is 38.8 Å². The minimum atomic E-state index is -2.64. The van der Waals surface area contributed by atoms with Crippen LogP contribution in [0, 0.1) is 0 Å². The molecule has 0 bridgehead atoms. The molecule has 0 aromatic heterocycles. The summed E-state index contributed by atoms with van der Waals surface area (Å²) < 4.78 is 30.4. The normalized spacial score (nSPS) is 17.4. The van der Waals surface area contributed by atoms with Crippen LogP contribution in [0.3, 0.4) is 0 Å². The van der Waals surface area contributed by atoms with Crippen LogP contribution in [-0.2, 0) is 9.57 Å². The van der Waals surface area contributed by atoms with E-state index in [1.54, 1.807) is 24.3 Å². The Balaban J connectivity index is 2.02. The molecule has 1 aliphatic heterocycles. The number of ether oxygens (including phenoxy) is 1. The van der Waals surface area contributed by atoms with Gasteiger partial charge in [-0.05, 0) is 12.5 Å². The number of benzene rings is 1. The smallest absolute Gasteiger partial charge is 0.280 e. The van der Waals surface area contributed by atoms with Crippen molar-refractivity contribution in [3.8, 4) is 0 Å². The number of nitrogens with zero attached hydrogens (tertiary/aromatic N) is 1. The highest BCUT2D eigenvalue weighted by Crippen LogP contribution is 2.34. The highest BCUT2D eigenvalue weighted by atomic mass is 19.3. The van der Waals surface area contributed by atoms with Gasteiger partial charge >= 0.3 is 0 Å². The van der Waals surface area contributed by atoms with Gasteiger partial charge in [0.05, 0.1) is 0 Å². The van der Waals surface area contributed by atoms with E-state index in [1.165, 1.54) is 0 Å². The van der Waals surface area contributed by atoms with Gasteiger partial charge < -0.3 is 4.74 Å². The quantitative estimate of drug-likeness (QED) is 0.648. The molecule has 122 valence electrons. The summed E-state index contributed by atoms with van der Waals surface area (Å²) in [4.78, 5) is 17.2. The van der Waals surface area contributed by atoms with Crippen molar-refractivity contribution in [2.45, 2.75) is 45.3 Å². The summed E-state index contributed by atoms with van der Waals surface area (Å²) in [5, 5.41) is 0.927. The Hall–Kier alpha value is -1.53. The molecule has 1 amide bonds. The molecule has 6 heteroatoms. The number of hydroxylamine groups is 2. The second kappa shape index (κ2) is 8.19. The summed E-state index contributed by atoms with van der Waals surface area (Å²) in [5.41, 5.74) is 1.10. The van der Waals surface area contributed by atoms with Gasteiger partial charge in [0.2, 0.25) is 0 Å². The summed E-state index contributed by atoms with van der Waals surface area (Å²) >= 11 is 0. The fourth-order valence-electron chi connectivity index (χ4n) is 2.40. The maximum atomic E-state index is 12.4. The molecule has 1 aliphatic rings. The van der Waals surface area contributed by atoms with Crippen molar-refractivity contribution in [3.63, 3.8) is 0 Å². The number of halogens is 2. The fourth-order valence-corrected chi connectivity index (χ4v) is 2.40. The average Bonchev–Trinajstić information content (AvgIpc) is 2.78. The molecule has 0 spiro atoms. The Kier molecular flexibility index (Phi) is 6.27. The third-order valence-electron chi connectivity index (χ3n) is 3.48. The third-order valence-corrected chi connectivity index (χ3v) is 3.48. The van der Waals surface area contributed by atoms with E-state index in [-0.39, 0.29) is 0 Å². The number of amides is 1. The summed E-state index contributed by atoms with van der Waals surface area (Å²) in [7, 11) is 0. The summed E-state index contributed by atoms with van der Waals surface area (Å²) in [6, 6.07) is 6.92. The lowest BCUT2D eigenvalue weighted by atomic mass is 10.1. The van der Waals surface area contributed by atoms with Crippen molar-refractivity contribution < 1.29 is 23.1 Å². The van der Waals surface area contributed by atoms with E-state index in [0.29, 0.717) is 17.7 Å². The molecule has 1 heterocycles. The molecule has 1 unspecified atom stereocenters. The molecular formula is C16H21F2NO3. The largest absolute Gasteiger partial charge is 0.352 e. The van der Waals surface area contributed by atoms with E-state index in [2.05, 4.69) is 6.92 Å². The van der Waals surface area contributed by atoms with Crippen molar-refractivity contribution in [1.82, 2.24) is 5.06 Å². The highest BCUT2D eigenvalue weighted by Gasteiger charge is 2.38. The van der Waals surface area contributed by atoms with Gasteiger partial charge in [0.1, 0.15) is 6.61 Å². The van der Waals surface area contributed by atoms with E-state index in [0.717, 1.165) is 30.7 Å². The van der Waals surface area contributed by atoms with Crippen LogP contribution in [0.15, 0.2) is 24.3 Å². The number of hydrogen-bond acceptors (Lipinski definition) is 3. The Morgan fingerprint density at radius 2 is 2.00 bits per heavy atom. The van der Waals surface area contributed by atoms with Gasteiger partial charge in [0, 0.05) is 17.7 Å². The molecular weight excluding hydrogens is 292 g/mol. The van der Waals surface area contributed by atoms with E-state index in [1.807, 2.05) is 0 Å². The van der Waals surface area contributed by atoms with E-state index in [4.69, 9.17) is 9.57 Å². The van der Waals surface area contributed by atoms with Gasteiger partial charge in [0.25, 0.3) is 12.3 Å². The monoisotopic (exact) mass is 313 g/mol. The molecule has 1 atom stereocenters. The summed E-state index contributed by atoms with van der Waals surface area (Å²) in [5.74, 6) is -0.435.